The van der Waals surface area contributed by atoms with E-state index in [1.165, 1.54) is 38.5 Å². The van der Waals surface area contributed by atoms with Gasteiger partial charge in [0.05, 0.1) is 12.7 Å². The zero-order valence-electron chi connectivity index (χ0n) is 10.9. The molecule has 1 aliphatic heterocycles. The van der Waals surface area contributed by atoms with E-state index in [4.69, 9.17) is 0 Å². The fourth-order valence-corrected chi connectivity index (χ4v) is 3.48. The van der Waals surface area contributed by atoms with E-state index in [0.717, 1.165) is 31.8 Å². The van der Waals surface area contributed by atoms with E-state index < -0.39 is 0 Å². The Morgan fingerprint density at radius 1 is 1.06 bits per heavy atom. The fraction of sp³-hybridized carbons (Fsp3) is 1.00. The number of nitrogens with zero attached hydrogens (tertiary/aromatic N) is 1. The maximum atomic E-state index is 10.2. The normalized spacial score (nSPS) is 29.6. The minimum Gasteiger partial charge on any atom is -0.395 e. The van der Waals surface area contributed by atoms with Crippen LogP contribution in [0.15, 0.2) is 0 Å². The van der Waals surface area contributed by atoms with Gasteiger partial charge < -0.3 is 10.2 Å². The van der Waals surface area contributed by atoms with Gasteiger partial charge in [-0.1, -0.05) is 32.1 Å². The van der Waals surface area contributed by atoms with Crippen LogP contribution in [0.4, 0.5) is 0 Å². The molecular weight excluding hydrogens is 214 g/mol. The molecule has 0 aromatic carbocycles. The summed E-state index contributed by atoms with van der Waals surface area (Å²) in [6, 6.07) is 0.293. The molecule has 0 aromatic rings. The highest BCUT2D eigenvalue weighted by atomic mass is 16.3. The molecule has 0 aromatic heterocycles. The number of likely N-dealkylation sites (tertiary alicyclic amines) is 1. The van der Waals surface area contributed by atoms with Crippen LogP contribution in [0, 0.1) is 5.92 Å². The van der Waals surface area contributed by atoms with Crippen molar-refractivity contribution in [1.82, 2.24) is 4.90 Å². The van der Waals surface area contributed by atoms with Crippen LogP contribution in [0.25, 0.3) is 0 Å². The number of piperidine rings is 1. The van der Waals surface area contributed by atoms with Crippen molar-refractivity contribution < 1.29 is 10.2 Å². The van der Waals surface area contributed by atoms with Gasteiger partial charge in [0.2, 0.25) is 0 Å². The summed E-state index contributed by atoms with van der Waals surface area (Å²) < 4.78 is 0. The summed E-state index contributed by atoms with van der Waals surface area (Å²) in [4.78, 5) is 2.29. The molecule has 0 radical (unpaired) electrons. The molecular formula is C14H27NO2. The summed E-state index contributed by atoms with van der Waals surface area (Å²) >= 11 is 0. The SMILES string of the molecule is OCC1CCCCN1CC(O)CC1CCCC1. The third kappa shape index (κ3) is 3.94. The average Bonchev–Trinajstić information content (AvgIpc) is 2.82. The summed E-state index contributed by atoms with van der Waals surface area (Å²) in [5.74, 6) is 0.752. The molecule has 0 bridgehead atoms. The second kappa shape index (κ2) is 6.72. The van der Waals surface area contributed by atoms with Gasteiger partial charge in [0, 0.05) is 12.6 Å². The van der Waals surface area contributed by atoms with Crippen LogP contribution in [0.3, 0.4) is 0 Å². The molecule has 3 heteroatoms. The van der Waals surface area contributed by atoms with E-state index in [9.17, 15) is 10.2 Å². The van der Waals surface area contributed by atoms with Gasteiger partial charge in [-0.05, 0) is 31.7 Å². The largest absolute Gasteiger partial charge is 0.395 e. The first-order chi connectivity index (χ1) is 8.29. The standard InChI is InChI=1S/C14H27NO2/c16-11-13-7-3-4-8-15(13)10-14(17)9-12-5-1-2-6-12/h12-14,16-17H,1-11H2. The Morgan fingerprint density at radius 3 is 2.47 bits per heavy atom. The van der Waals surface area contributed by atoms with Crippen LogP contribution in [-0.4, -0.2) is 47.0 Å². The lowest BCUT2D eigenvalue weighted by Crippen LogP contribution is -2.45. The van der Waals surface area contributed by atoms with Crippen LogP contribution < -0.4 is 0 Å². The molecule has 1 heterocycles. The lowest BCUT2D eigenvalue weighted by Gasteiger charge is -2.36. The number of rotatable bonds is 5. The Balaban J connectivity index is 1.73. The Labute approximate surface area is 105 Å². The zero-order chi connectivity index (χ0) is 12.1. The van der Waals surface area contributed by atoms with Crippen LogP contribution in [0.2, 0.25) is 0 Å². The Hall–Kier alpha value is -0.120. The van der Waals surface area contributed by atoms with Gasteiger partial charge in [0.25, 0.3) is 0 Å². The van der Waals surface area contributed by atoms with Gasteiger partial charge in [-0.15, -0.1) is 0 Å². The number of hydrogen-bond donors (Lipinski definition) is 2. The number of aliphatic hydroxyl groups is 2. The quantitative estimate of drug-likeness (QED) is 0.771. The molecule has 1 saturated carbocycles. The highest BCUT2D eigenvalue weighted by molar-refractivity contribution is 4.80. The third-order valence-electron chi connectivity index (χ3n) is 4.49. The summed E-state index contributed by atoms with van der Waals surface area (Å²) in [5.41, 5.74) is 0. The molecule has 0 spiro atoms. The summed E-state index contributed by atoms with van der Waals surface area (Å²) in [6.45, 7) is 2.06. The van der Waals surface area contributed by atoms with Crippen LogP contribution >= 0.6 is 0 Å². The van der Waals surface area contributed by atoms with Gasteiger partial charge in [-0.3, -0.25) is 4.90 Å². The Kier molecular flexibility index (Phi) is 5.26. The Bertz CT molecular complexity index is 216. The predicted octanol–water partition coefficient (Wildman–Crippen LogP) is 1.77. The minimum absolute atomic E-state index is 0.190. The highest BCUT2D eigenvalue weighted by Crippen LogP contribution is 2.29. The maximum absolute atomic E-state index is 10.2. The minimum atomic E-state index is -0.190. The Morgan fingerprint density at radius 2 is 1.76 bits per heavy atom. The van der Waals surface area contributed by atoms with Crippen LogP contribution in [0.5, 0.6) is 0 Å². The summed E-state index contributed by atoms with van der Waals surface area (Å²) in [7, 11) is 0. The first kappa shape index (κ1) is 13.3. The molecule has 17 heavy (non-hydrogen) atoms. The van der Waals surface area contributed by atoms with Gasteiger partial charge in [-0.25, -0.2) is 0 Å². The second-order valence-electron chi connectivity index (χ2n) is 5.87. The van der Waals surface area contributed by atoms with E-state index in [-0.39, 0.29) is 12.7 Å². The lowest BCUT2D eigenvalue weighted by molar-refractivity contribution is 0.0333. The van der Waals surface area contributed by atoms with E-state index >= 15 is 0 Å². The molecule has 2 atom stereocenters. The van der Waals surface area contributed by atoms with Crippen molar-refractivity contribution in [3.63, 3.8) is 0 Å². The van der Waals surface area contributed by atoms with Crippen molar-refractivity contribution >= 4 is 0 Å². The monoisotopic (exact) mass is 241 g/mol. The maximum Gasteiger partial charge on any atom is 0.0669 e. The van der Waals surface area contributed by atoms with Crippen LogP contribution in [0.1, 0.15) is 51.4 Å². The van der Waals surface area contributed by atoms with Crippen molar-refractivity contribution in [2.75, 3.05) is 19.7 Å². The van der Waals surface area contributed by atoms with E-state index in [0.29, 0.717) is 6.04 Å². The predicted molar refractivity (Wildman–Crippen MR) is 68.9 cm³/mol. The molecule has 2 fully saturated rings. The molecule has 2 aliphatic rings. The molecule has 2 rings (SSSR count). The molecule has 3 nitrogen and oxygen atoms in total. The molecule has 2 N–H and O–H groups in total. The summed E-state index contributed by atoms with van der Waals surface area (Å²) in [5, 5.41) is 19.5. The number of β-amino-alcohol motifs (C(OH)–C–C–N with tert-alkyl or cyclic N) is 1. The average molecular weight is 241 g/mol. The van der Waals surface area contributed by atoms with Crippen molar-refractivity contribution in [3.05, 3.63) is 0 Å². The van der Waals surface area contributed by atoms with Crippen molar-refractivity contribution in [2.24, 2.45) is 5.92 Å². The van der Waals surface area contributed by atoms with Crippen LogP contribution in [-0.2, 0) is 0 Å². The van der Waals surface area contributed by atoms with E-state index in [1.807, 2.05) is 0 Å². The van der Waals surface area contributed by atoms with Gasteiger partial charge in [0.15, 0.2) is 0 Å². The number of hydrogen-bond acceptors (Lipinski definition) is 3. The first-order valence-electron chi connectivity index (χ1n) is 7.32. The van der Waals surface area contributed by atoms with Crippen molar-refractivity contribution in [3.8, 4) is 0 Å². The summed E-state index contributed by atoms with van der Waals surface area (Å²) in [6.07, 6.45) is 9.61. The molecule has 1 saturated heterocycles. The molecule has 2 unspecified atom stereocenters. The van der Waals surface area contributed by atoms with Gasteiger partial charge >= 0.3 is 0 Å². The van der Waals surface area contributed by atoms with Crippen molar-refractivity contribution in [2.45, 2.75) is 63.5 Å². The van der Waals surface area contributed by atoms with E-state index in [1.54, 1.807) is 0 Å². The van der Waals surface area contributed by atoms with Gasteiger partial charge in [0.1, 0.15) is 0 Å². The van der Waals surface area contributed by atoms with E-state index in [2.05, 4.69) is 4.90 Å². The lowest BCUT2D eigenvalue weighted by atomic mass is 9.97. The smallest absolute Gasteiger partial charge is 0.0669 e. The molecule has 0 amide bonds. The fourth-order valence-electron chi connectivity index (χ4n) is 3.48. The third-order valence-corrected chi connectivity index (χ3v) is 4.49. The number of aliphatic hydroxyl groups excluding tert-OH is 2. The van der Waals surface area contributed by atoms with Crippen molar-refractivity contribution in [1.29, 1.82) is 0 Å². The topological polar surface area (TPSA) is 43.7 Å². The van der Waals surface area contributed by atoms with Gasteiger partial charge in [-0.2, -0.15) is 0 Å². The first-order valence-corrected chi connectivity index (χ1v) is 7.32. The molecule has 100 valence electrons. The molecule has 1 aliphatic carbocycles. The second-order valence-corrected chi connectivity index (χ2v) is 5.87. The highest BCUT2D eigenvalue weighted by Gasteiger charge is 2.25. The zero-order valence-corrected chi connectivity index (χ0v) is 10.9.